The van der Waals surface area contributed by atoms with Gasteiger partial charge in [0.25, 0.3) is 0 Å². The zero-order chi connectivity index (χ0) is 14.4. The molecule has 2 aromatic carbocycles. The molecule has 0 atom stereocenters. The molecule has 4 heteroatoms. The highest BCUT2D eigenvalue weighted by molar-refractivity contribution is 9.10. The molecular weight excluding hydrogens is 316 g/mol. The molecule has 0 fully saturated rings. The smallest absolute Gasteiger partial charge is 0.174 e. The van der Waals surface area contributed by atoms with E-state index in [1.165, 1.54) is 5.56 Å². The lowest BCUT2D eigenvalue weighted by Gasteiger charge is -2.09. The van der Waals surface area contributed by atoms with Crippen molar-refractivity contribution in [3.63, 3.8) is 0 Å². The number of aryl methyl sites for hydroxylation is 1. The third-order valence-electron chi connectivity index (χ3n) is 2.77. The summed E-state index contributed by atoms with van der Waals surface area (Å²) in [5.74, 6) is 0.716. The van der Waals surface area contributed by atoms with E-state index in [0.29, 0.717) is 5.75 Å². The van der Waals surface area contributed by atoms with Crippen molar-refractivity contribution < 1.29 is 4.74 Å². The van der Waals surface area contributed by atoms with Crippen molar-refractivity contribution in [3.05, 3.63) is 58.1 Å². The van der Waals surface area contributed by atoms with E-state index in [2.05, 4.69) is 46.4 Å². The minimum atomic E-state index is 0.0783. The molecule has 3 nitrogen and oxygen atoms in total. The number of hydrogen-bond donors (Lipinski definition) is 1. The van der Waals surface area contributed by atoms with Crippen LogP contribution in [0.2, 0.25) is 0 Å². The molecule has 102 valence electrons. The fraction of sp³-hybridized carbons (Fsp3) is 0.188. The van der Waals surface area contributed by atoms with Crippen LogP contribution in [0.15, 0.2) is 46.9 Å². The third-order valence-corrected chi connectivity index (χ3v) is 3.22. The van der Waals surface area contributed by atoms with Gasteiger partial charge in [0.15, 0.2) is 6.61 Å². The summed E-state index contributed by atoms with van der Waals surface area (Å²) >= 11 is 3.49. The first-order valence-electron chi connectivity index (χ1n) is 6.27. The summed E-state index contributed by atoms with van der Waals surface area (Å²) in [4.78, 5) is 0. The van der Waals surface area contributed by atoms with Gasteiger partial charge in [-0.1, -0.05) is 28.1 Å². The second kappa shape index (κ2) is 6.97. The average molecular weight is 331 g/mol. The first-order chi connectivity index (χ1) is 9.67. The van der Waals surface area contributed by atoms with E-state index >= 15 is 0 Å². The SMILES string of the molecule is Cc1cc(Br)cc(NCc2ccc(OCC#N)cc2)c1. The number of rotatable bonds is 5. The Balaban J connectivity index is 1.95. The number of halogens is 1. The van der Waals surface area contributed by atoms with E-state index in [-0.39, 0.29) is 6.61 Å². The summed E-state index contributed by atoms with van der Waals surface area (Å²) in [6.07, 6.45) is 0. The molecule has 2 rings (SSSR count). The molecular formula is C16H15BrN2O. The fourth-order valence-corrected chi connectivity index (χ4v) is 2.47. The Bertz CT molecular complexity index is 597. The van der Waals surface area contributed by atoms with E-state index < -0.39 is 0 Å². The van der Waals surface area contributed by atoms with E-state index in [1.807, 2.05) is 30.3 Å². The van der Waals surface area contributed by atoms with Crippen molar-refractivity contribution in [2.24, 2.45) is 0 Å². The van der Waals surface area contributed by atoms with Crippen molar-refractivity contribution in [1.29, 1.82) is 5.26 Å². The minimum Gasteiger partial charge on any atom is -0.479 e. The number of nitrogens with zero attached hydrogens (tertiary/aromatic N) is 1. The molecule has 0 aromatic heterocycles. The zero-order valence-electron chi connectivity index (χ0n) is 11.2. The van der Waals surface area contributed by atoms with Crippen LogP contribution in [0.1, 0.15) is 11.1 Å². The van der Waals surface area contributed by atoms with Crippen molar-refractivity contribution in [3.8, 4) is 11.8 Å². The Hall–Kier alpha value is -1.99. The molecule has 0 aliphatic rings. The second-order valence-corrected chi connectivity index (χ2v) is 5.38. The van der Waals surface area contributed by atoms with Crippen LogP contribution in [0.4, 0.5) is 5.69 Å². The van der Waals surface area contributed by atoms with Crippen LogP contribution in [0.5, 0.6) is 5.75 Å². The lowest BCUT2D eigenvalue weighted by molar-refractivity contribution is 0.368. The van der Waals surface area contributed by atoms with Crippen LogP contribution in [0, 0.1) is 18.3 Å². The molecule has 0 unspecified atom stereocenters. The standard InChI is InChI=1S/C16H15BrN2O/c1-12-8-14(17)10-15(9-12)19-11-13-2-4-16(5-3-13)20-7-6-18/h2-5,8-10,19H,7,11H2,1H3. The Morgan fingerprint density at radius 1 is 1.20 bits per heavy atom. The highest BCUT2D eigenvalue weighted by Gasteiger charge is 1.98. The van der Waals surface area contributed by atoms with Gasteiger partial charge in [0.05, 0.1) is 0 Å². The Kier molecular flexibility index (Phi) is 5.03. The quantitative estimate of drug-likeness (QED) is 0.890. The summed E-state index contributed by atoms with van der Waals surface area (Å²) in [5.41, 5.74) is 3.45. The van der Waals surface area contributed by atoms with Crippen molar-refractivity contribution in [2.45, 2.75) is 13.5 Å². The summed E-state index contributed by atoms with van der Waals surface area (Å²) in [6.45, 7) is 2.89. The van der Waals surface area contributed by atoms with Gasteiger partial charge in [0.1, 0.15) is 11.8 Å². The summed E-state index contributed by atoms with van der Waals surface area (Å²) in [6, 6.07) is 15.9. The van der Waals surface area contributed by atoms with Gasteiger partial charge in [-0.05, 0) is 48.4 Å². The predicted molar refractivity (Wildman–Crippen MR) is 83.8 cm³/mol. The molecule has 0 radical (unpaired) electrons. The zero-order valence-corrected chi connectivity index (χ0v) is 12.8. The number of nitrogens with one attached hydrogen (secondary N) is 1. The minimum absolute atomic E-state index is 0.0783. The summed E-state index contributed by atoms with van der Waals surface area (Å²) < 4.78 is 6.29. The highest BCUT2D eigenvalue weighted by atomic mass is 79.9. The lowest BCUT2D eigenvalue weighted by Crippen LogP contribution is -2.00. The normalized spacial score (nSPS) is 9.85. The maximum absolute atomic E-state index is 8.45. The molecule has 0 saturated carbocycles. The first-order valence-corrected chi connectivity index (χ1v) is 7.06. The lowest BCUT2D eigenvalue weighted by atomic mass is 10.2. The van der Waals surface area contributed by atoms with Crippen LogP contribution in [-0.2, 0) is 6.54 Å². The molecule has 0 heterocycles. The maximum atomic E-state index is 8.45. The van der Waals surface area contributed by atoms with Gasteiger partial charge in [-0.3, -0.25) is 0 Å². The largest absolute Gasteiger partial charge is 0.479 e. The average Bonchev–Trinajstić information content (AvgIpc) is 2.43. The van der Waals surface area contributed by atoms with Crippen LogP contribution >= 0.6 is 15.9 Å². The maximum Gasteiger partial charge on any atom is 0.174 e. The fourth-order valence-electron chi connectivity index (χ4n) is 1.86. The Morgan fingerprint density at radius 2 is 1.95 bits per heavy atom. The monoisotopic (exact) mass is 330 g/mol. The van der Waals surface area contributed by atoms with Crippen LogP contribution in [-0.4, -0.2) is 6.61 Å². The van der Waals surface area contributed by atoms with Crippen molar-refractivity contribution >= 4 is 21.6 Å². The van der Waals surface area contributed by atoms with E-state index in [0.717, 1.165) is 22.3 Å². The third kappa shape index (κ3) is 4.29. The molecule has 0 saturated heterocycles. The predicted octanol–water partition coefficient (Wildman–Crippen LogP) is 4.27. The van der Waals surface area contributed by atoms with Crippen LogP contribution < -0.4 is 10.1 Å². The van der Waals surface area contributed by atoms with Crippen molar-refractivity contribution in [2.75, 3.05) is 11.9 Å². The molecule has 20 heavy (non-hydrogen) atoms. The van der Waals surface area contributed by atoms with Gasteiger partial charge in [0, 0.05) is 16.7 Å². The Morgan fingerprint density at radius 3 is 2.60 bits per heavy atom. The van der Waals surface area contributed by atoms with Crippen molar-refractivity contribution in [1.82, 2.24) is 0 Å². The second-order valence-electron chi connectivity index (χ2n) is 4.46. The number of nitriles is 1. The molecule has 2 aromatic rings. The van der Waals surface area contributed by atoms with Gasteiger partial charge < -0.3 is 10.1 Å². The van der Waals surface area contributed by atoms with Gasteiger partial charge >= 0.3 is 0 Å². The van der Waals surface area contributed by atoms with Gasteiger partial charge in [0.2, 0.25) is 0 Å². The van der Waals surface area contributed by atoms with E-state index in [9.17, 15) is 0 Å². The molecule has 0 amide bonds. The number of hydrogen-bond acceptors (Lipinski definition) is 3. The highest BCUT2D eigenvalue weighted by Crippen LogP contribution is 2.20. The first kappa shape index (κ1) is 14.4. The molecule has 0 aliphatic heterocycles. The van der Waals surface area contributed by atoms with Gasteiger partial charge in [-0.15, -0.1) is 0 Å². The van der Waals surface area contributed by atoms with Gasteiger partial charge in [-0.25, -0.2) is 0 Å². The molecule has 0 bridgehead atoms. The molecule has 0 spiro atoms. The van der Waals surface area contributed by atoms with E-state index in [4.69, 9.17) is 10.00 Å². The number of benzene rings is 2. The van der Waals surface area contributed by atoms with Gasteiger partial charge in [-0.2, -0.15) is 5.26 Å². The van der Waals surface area contributed by atoms with Crippen LogP contribution in [0.25, 0.3) is 0 Å². The summed E-state index contributed by atoms with van der Waals surface area (Å²) in [7, 11) is 0. The number of ether oxygens (including phenoxy) is 1. The molecule has 1 N–H and O–H groups in total. The topological polar surface area (TPSA) is 45.0 Å². The summed E-state index contributed by atoms with van der Waals surface area (Å²) in [5, 5.41) is 11.8. The van der Waals surface area contributed by atoms with E-state index in [1.54, 1.807) is 0 Å². The Labute approximate surface area is 127 Å². The molecule has 0 aliphatic carbocycles. The van der Waals surface area contributed by atoms with Crippen LogP contribution in [0.3, 0.4) is 0 Å². The number of anilines is 1.